The Bertz CT molecular complexity index is 1520. The van der Waals surface area contributed by atoms with E-state index in [0.717, 1.165) is 52.0 Å². The van der Waals surface area contributed by atoms with Crippen molar-refractivity contribution >= 4 is 23.7 Å². The molecule has 15 nitrogen and oxygen atoms in total. The minimum atomic E-state index is -1.26. The second-order valence-electron chi connectivity index (χ2n) is 14.3. The average Bonchev–Trinajstić information content (AvgIpc) is 3.54. The Hall–Kier alpha value is -4.25. The van der Waals surface area contributed by atoms with Crippen LogP contribution in [0.4, 0.5) is 10.2 Å². The number of amides is 1. The van der Waals surface area contributed by atoms with Crippen LogP contribution in [0.3, 0.4) is 0 Å². The van der Waals surface area contributed by atoms with E-state index in [2.05, 4.69) is 50.8 Å². The summed E-state index contributed by atoms with van der Waals surface area (Å²) in [4.78, 5) is 45.7. The van der Waals surface area contributed by atoms with Gasteiger partial charge in [0.05, 0.1) is 24.8 Å². The molecule has 2 aromatic rings. The van der Waals surface area contributed by atoms with Crippen LogP contribution in [0.1, 0.15) is 64.2 Å². The number of benzene rings is 1. The third-order valence-corrected chi connectivity index (χ3v) is 9.80. The van der Waals surface area contributed by atoms with Gasteiger partial charge in [-0.2, -0.15) is 0 Å². The number of hydrogen-bond acceptors (Lipinski definition) is 12. The second-order valence-corrected chi connectivity index (χ2v) is 14.3. The molecule has 1 aromatic heterocycles. The van der Waals surface area contributed by atoms with Gasteiger partial charge in [0.1, 0.15) is 17.9 Å². The molecule has 294 valence electrons. The number of aromatic nitrogens is 3. The number of carboxylic acids is 2. The van der Waals surface area contributed by atoms with Gasteiger partial charge < -0.3 is 34.6 Å². The van der Waals surface area contributed by atoms with Crippen molar-refractivity contribution in [3.63, 3.8) is 0 Å². The van der Waals surface area contributed by atoms with Crippen LogP contribution in [0, 0.1) is 17.2 Å². The first-order valence-electron chi connectivity index (χ1n) is 18.0. The molecule has 4 rings (SSSR count). The van der Waals surface area contributed by atoms with E-state index in [1.165, 1.54) is 24.5 Å². The van der Waals surface area contributed by atoms with Crippen molar-refractivity contribution in [3.05, 3.63) is 48.1 Å². The molecular weight excluding hydrogens is 689 g/mol. The molecule has 0 saturated carbocycles. The van der Waals surface area contributed by atoms with E-state index in [-0.39, 0.29) is 47.2 Å². The number of ether oxygens (including phenoxy) is 2. The van der Waals surface area contributed by atoms with Gasteiger partial charge in [0, 0.05) is 69.5 Å². The Kier molecular flexibility index (Phi) is 16.5. The Morgan fingerprint density at radius 3 is 2.34 bits per heavy atom. The largest absolute Gasteiger partial charge is 0.478 e. The lowest BCUT2D eigenvalue weighted by Crippen LogP contribution is -2.62. The summed E-state index contributed by atoms with van der Waals surface area (Å²) < 4.78 is 25.7. The lowest BCUT2D eigenvalue weighted by atomic mass is 9.76. The van der Waals surface area contributed by atoms with E-state index in [1.54, 1.807) is 12.0 Å². The lowest BCUT2D eigenvalue weighted by Gasteiger charge is -2.53. The van der Waals surface area contributed by atoms with E-state index in [1.807, 2.05) is 20.8 Å². The van der Waals surface area contributed by atoms with Crippen LogP contribution in [0.25, 0.3) is 0 Å². The molecule has 53 heavy (non-hydrogen) atoms. The van der Waals surface area contributed by atoms with Crippen LogP contribution in [-0.2, 0) is 14.3 Å². The Morgan fingerprint density at radius 1 is 1.09 bits per heavy atom. The molecule has 2 atom stereocenters. The van der Waals surface area contributed by atoms with Gasteiger partial charge in [0.2, 0.25) is 0 Å². The van der Waals surface area contributed by atoms with E-state index in [4.69, 9.17) is 19.7 Å². The monoisotopic (exact) mass is 745 g/mol. The molecule has 3 heterocycles. The van der Waals surface area contributed by atoms with Gasteiger partial charge >= 0.3 is 11.9 Å². The summed E-state index contributed by atoms with van der Waals surface area (Å²) in [5, 5.41) is 33.5. The van der Waals surface area contributed by atoms with Gasteiger partial charge in [0.25, 0.3) is 11.8 Å². The molecule has 2 fully saturated rings. The molecule has 16 heteroatoms. The third kappa shape index (κ3) is 12.1. The summed E-state index contributed by atoms with van der Waals surface area (Å²) in [6, 6.07) is 4.43. The highest BCUT2D eigenvalue weighted by molar-refractivity contribution is 5.97. The van der Waals surface area contributed by atoms with E-state index in [0.29, 0.717) is 43.1 Å². The molecular formula is C37H56FN7O8. The number of nitrogens with zero attached hydrogens (tertiary/aromatic N) is 7. The topological polar surface area (TPSA) is 182 Å². The highest BCUT2D eigenvalue weighted by Crippen LogP contribution is 2.44. The number of anilines is 1. The van der Waals surface area contributed by atoms with Gasteiger partial charge in [0.15, 0.2) is 5.82 Å². The fraction of sp³-hybridized carbons (Fsp3) is 0.622. The summed E-state index contributed by atoms with van der Waals surface area (Å²) in [6.07, 6.45) is 5.73. The highest BCUT2D eigenvalue weighted by Gasteiger charge is 2.50. The first-order chi connectivity index (χ1) is 25.1. The smallest absolute Gasteiger partial charge is 0.328 e. The van der Waals surface area contributed by atoms with Crippen molar-refractivity contribution < 1.29 is 43.6 Å². The normalized spacial score (nSPS) is 16.5. The number of aliphatic hydroxyl groups excluding tert-OH is 1. The molecule has 1 aromatic carbocycles. The van der Waals surface area contributed by atoms with Gasteiger partial charge in [-0.1, -0.05) is 13.8 Å². The van der Waals surface area contributed by atoms with Crippen LogP contribution < -0.4 is 9.64 Å². The predicted octanol–water partition coefficient (Wildman–Crippen LogP) is 3.64. The van der Waals surface area contributed by atoms with Crippen LogP contribution in [-0.4, -0.2) is 148 Å². The minimum absolute atomic E-state index is 0.0237. The number of carboxylic acid groups (broad SMARTS) is 2. The minimum Gasteiger partial charge on any atom is -0.478 e. The Labute approximate surface area is 311 Å². The summed E-state index contributed by atoms with van der Waals surface area (Å²) in [5.41, 5.74) is 0.314. The molecule has 3 N–H and O–H groups in total. The van der Waals surface area contributed by atoms with Crippen LogP contribution >= 0.6 is 0 Å². The standard InChI is InChI=1S/C33H52FN7O4.C4H4O4/c1-8-41(24(4)5)32(43)27-16-25(34)11-12-29(27)45-31-30(35-22-36-37-31)39-15-13-33(19-39)20-40(21-33)28(23(2)3)10-9-14-38(6)26(17-42)18-44-7;5-3(6)1-2-4(7)8/h11-12,16,22-24,26,28,42H,8-10,13-15,17-21H2,1-7H3;1-2H,(H,5,6)(H,7,8)/b;2-1+/t26-,28+;/m0./s1. The van der Waals surface area contributed by atoms with Crippen molar-refractivity contribution in [2.24, 2.45) is 11.3 Å². The number of carbonyl (C=O) groups excluding carboxylic acids is 1. The zero-order chi connectivity index (χ0) is 39.3. The third-order valence-electron chi connectivity index (χ3n) is 9.80. The van der Waals surface area contributed by atoms with Crippen molar-refractivity contribution in [1.29, 1.82) is 0 Å². The molecule has 2 aliphatic heterocycles. The maximum atomic E-state index is 14.3. The lowest BCUT2D eigenvalue weighted by molar-refractivity contribution is -0.134. The zero-order valence-corrected chi connectivity index (χ0v) is 31.9. The first-order valence-corrected chi connectivity index (χ1v) is 18.0. The van der Waals surface area contributed by atoms with E-state index < -0.39 is 17.8 Å². The zero-order valence-electron chi connectivity index (χ0n) is 31.9. The van der Waals surface area contributed by atoms with Crippen molar-refractivity contribution in [3.8, 4) is 11.6 Å². The van der Waals surface area contributed by atoms with Crippen molar-refractivity contribution in [2.45, 2.75) is 72.0 Å². The fourth-order valence-corrected chi connectivity index (χ4v) is 7.05. The summed E-state index contributed by atoms with van der Waals surface area (Å²) in [5.74, 6) is -1.77. The molecule has 0 bridgehead atoms. The number of likely N-dealkylation sites (N-methyl/N-ethyl adjacent to an activating group) is 1. The SMILES string of the molecule is CCN(C(=O)c1cc(F)ccc1Oc1nncnc1N1CCC2(C1)CN([C@H](CCCN(C)[C@@H](CO)COC)C(C)C)C2)C(C)C.O=C(O)/C=C/C(=O)O. The highest BCUT2D eigenvalue weighted by atomic mass is 19.1. The average molecular weight is 746 g/mol. The molecule has 0 aliphatic carbocycles. The first kappa shape index (κ1) is 43.2. The molecule has 1 spiro atoms. The number of halogens is 1. The molecule has 0 unspecified atom stereocenters. The number of rotatable bonds is 18. The second kappa shape index (κ2) is 20.3. The maximum absolute atomic E-state index is 14.3. The van der Waals surface area contributed by atoms with Gasteiger partial charge in [-0.15, -0.1) is 10.2 Å². The van der Waals surface area contributed by atoms with Gasteiger partial charge in [-0.25, -0.2) is 19.0 Å². The van der Waals surface area contributed by atoms with Crippen LogP contribution in [0.5, 0.6) is 11.6 Å². The predicted molar refractivity (Wildman–Crippen MR) is 197 cm³/mol. The number of aliphatic carboxylic acids is 2. The number of hydrogen-bond donors (Lipinski definition) is 3. The summed E-state index contributed by atoms with van der Waals surface area (Å²) in [7, 11) is 3.72. The fourth-order valence-electron chi connectivity index (χ4n) is 7.05. The molecule has 2 aliphatic rings. The van der Waals surface area contributed by atoms with Crippen molar-refractivity contribution in [2.75, 3.05) is 71.5 Å². The number of carbonyl (C=O) groups is 3. The van der Waals surface area contributed by atoms with E-state index in [9.17, 15) is 23.9 Å². The summed E-state index contributed by atoms with van der Waals surface area (Å²) >= 11 is 0. The molecule has 1 amide bonds. The van der Waals surface area contributed by atoms with Gasteiger partial charge in [-0.3, -0.25) is 14.6 Å². The van der Waals surface area contributed by atoms with E-state index >= 15 is 0 Å². The number of aliphatic hydroxyl groups is 1. The molecule has 0 radical (unpaired) electrons. The number of likely N-dealkylation sites (tertiary alicyclic amines) is 1. The Morgan fingerprint density at radius 2 is 1.77 bits per heavy atom. The van der Waals surface area contributed by atoms with Crippen LogP contribution in [0.2, 0.25) is 0 Å². The molecule has 2 saturated heterocycles. The van der Waals surface area contributed by atoms with Crippen molar-refractivity contribution in [1.82, 2.24) is 29.9 Å². The summed E-state index contributed by atoms with van der Waals surface area (Å²) in [6.45, 7) is 16.1. The number of methoxy groups -OCH3 is 1. The van der Waals surface area contributed by atoms with Gasteiger partial charge in [-0.05, 0) is 77.7 Å². The quantitative estimate of drug-likeness (QED) is 0.188. The maximum Gasteiger partial charge on any atom is 0.328 e. The van der Waals surface area contributed by atoms with Crippen LogP contribution in [0.15, 0.2) is 36.7 Å². The Balaban J connectivity index is 0.000000846.